The van der Waals surface area contributed by atoms with Gasteiger partial charge in [0.15, 0.2) is 0 Å². The maximum absolute atomic E-state index is 6.83. The lowest BCUT2D eigenvalue weighted by Gasteiger charge is -2.57. The summed E-state index contributed by atoms with van der Waals surface area (Å²) in [5.74, 6) is 3.36. The number of ether oxygens (including phenoxy) is 2. The van der Waals surface area contributed by atoms with E-state index in [1.54, 1.807) is 0 Å². The normalized spacial score (nSPS) is 45.3. The van der Waals surface area contributed by atoms with Gasteiger partial charge in [-0.3, -0.25) is 0 Å². The van der Waals surface area contributed by atoms with Gasteiger partial charge in [-0.15, -0.1) is 0 Å². The van der Waals surface area contributed by atoms with E-state index in [0.717, 1.165) is 43.3 Å². The summed E-state index contributed by atoms with van der Waals surface area (Å²) >= 11 is 0. The Morgan fingerprint density at radius 1 is 0.897 bits per heavy atom. The molecular weight excluding hydrogens is 366 g/mol. The molecular formula is C24H33NO4. The highest BCUT2D eigenvalue weighted by atomic mass is 17.3. The van der Waals surface area contributed by atoms with Crippen molar-refractivity contribution in [2.45, 2.75) is 75.3 Å². The first-order valence-electron chi connectivity index (χ1n) is 11.7. The summed E-state index contributed by atoms with van der Waals surface area (Å²) in [5.41, 5.74) is 6.89. The van der Waals surface area contributed by atoms with Gasteiger partial charge in [-0.05, 0) is 80.4 Å². The number of rotatable bonds is 4. The fourth-order valence-electron chi connectivity index (χ4n) is 7.20. The highest BCUT2D eigenvalue weighted by Gasteiger charge is 2.66. The Morgan fingerprint density at radius 2 is 1.55 bits per heavy atom. The van der Waals surface area contributed by atoms with Gasteiger partial charge in [0.2, 0.25) is 11.6 Å². The molecule has 2 spiro atoms. The van der Waals surface area contributed by atoms with Crippen molar-refractivity contribution < 1.29 is 19.2 Å². The molecule has 5 saturated carbocycles. The number of benzene rings is 1. The van der Waals surface area contributed by atoms with Crippen molar-refractivity contribution in [2.24, 2.45) is 29.4 Å². The summed E-state index contributed by atoms with van der Waals surface area (Å²) in [4.78, 5) is 12.2. The first kappa shape index (κ1) is 18.6. The molecule has 1 heterocycles. The molecule has 0 radical (unpaired) electrons. The second-order valence-corrected chi connectivity index (χ2v) is 10.2. The minimum absolute atomic E-state index is 0.442. The van der Waals surface area contributed by atoms with Gasteiger partial charge in [0.1, 0.15) is 12.4 Å². The molecule has 0 amide bonds. The molecule has 6 aliphatic rings. The minimum atomic E-state index is -0.518. The Hall–Kier alpha value is -1.14. The third-order valence-corrected chi connectivity index (χ3v) is 8.43. The zero-order valence-electron chi connectivity index (χ0n) is 17.2. The predicted octanol–water partition coefficient (Wildman–Crippen LogP) is 4.51. The fraction of sp³-hybridized carbons (Fsp3) is 0.750. The van der Waals surface area contributed by atoms with E-state index >= 15 is 0 Å². The summed E-state index contributed by atoms with van der Waals surface area (Å²) in [7, 11) is 0. The van der Waals surface area contributed by atoms with Crippen molar-refractivity contribution in [1.29, 1.82) is 0 Å². The van der Waals surface area contributed by atoms with Gasteiger partial charge in [0.05, 0.1) is 0 Å². The molecule has 7 rings (SSSR count). The van der Waals surface area contributed by atoms with Gasteiger partial charge in [0.25, 0.3) is 0 Å². The van der Waals surface area contributed by atoms with E-state index in [-0.39, 0.29) is 0 Å². The van der Waals surface area contributed by atoms with E-state index in [1.165, 1.54) is 37.7 Å². The summed E-state index contributed by atoms with van der Waals surface area (Å²) in [6.45, 7) is 1.10. The maximum Gasteiger partial charge on any atom is 0.210 e. The molecule has 5 nitrogen and oxygen atoms in total. The molecule has 5 heteroatoms. The molecule has 0 unspecified atom stereocenters. The van der Waals surface area contributed by atoms with Gasteiger partial charge in [0, 0.05) is 31.2 Å². The van der Waals surface area contributed by atoms with Gasteiger partial charge in [-0.2, -0.15) is 9.78 Å². The summed E-state index contributed by atoms with van der Waals surface area (Å²) in [5, 5.41) is 0. The monoisotopic (exact) mass is 399 g/mol. The highest BCUT2D eigenvalue weighted by Crippen LogP contribution is 2.64. The second kappa shape index (κ2) is 6.94. The zero-order valence-corrected chi connectivity index (χ0v) is 17.2. The van der Waals surface area contributed by atoms with Crippen LogP contribution in [0.5, 0.6) is 5.75 Å². The molecule has 1 aromatic carbocycles. The van der Waals surface area contributed by atoms with Crippen LogP contribution >= 0.6 is 0 Å². The van der Waals surface area contributed by atoms with Gasteiger partial charge < -0.3 is 15.2 Å². The van der Waals surface area contributed by atoms with E-state index in [9.17, 15) is 0 Å². The number of nitrogens with two attached hydrogens (primary N) is 1. The van der Waals surface area contributed by atoms with Crippen LogP contribution in [0, 0.1) is 23.7 Å². The molecule has 6 fully saturated rings. The van der Waals surface area contributed by atoms with Crippen LogP contribution in [0.4, 0.5) is 0 Å². The smallest absolute Gasteiger partial charge is 0.210 e. The van der Waals surface area contributed by atoms with Gasteiger partial charge >= 0.3 is 0 Å². The Kier molecular flexibility index (Phi) is 4.46. The highest BCUT2D eigenvalue weighted by molar-refractivity contribution is 5.30. The lowest BCUT2D eigenvalue weighted by molar-refractivity contribution is -0.390. The summed E-state index contributed by atoms with van der Waals surface area (Å²) in [6, 6.07) is 8.51. The number of hydrogen-bond donors (Lipinski definition) is 1. The van der Waals surface area contributed by atoms with E-state index in [0.29, 0.717) is 30.9 Å². The van der Waals surface area contributed by atoms with Gasteiger partial charge in [-0.1, -0.05) is 12.1 Å². The molecule has 1 aliphatic heterocycles. The lowest BCUT2D eigenvalue weighted by Crippen LogP contribution is -2.59. The molecule has 0 atom stereocenters. The first-order valence-corrected chi connectivity index (χ1v) is 11.7. The Balaban J connectivity index is 1.11. The van der Waals surface area contributed by atoms with E-state index < -0.39 is 11.6 Å². The molecule has 0 aromatic heterocycles. The standard InChI is InChI=1S/C24H33NO4/c25-9-10-26-22-3-1-18(2-4-22)19-5-7-23(8-6-19)27-24(29-28-23)20-12-16-11-17(14-20)15-21(24)13-16/h1-4,16-17,19-21H,5-15,25H2. The van der Waals surface area contributed by atoms with Crippen LogP contribution in [0.15, 0.2) is 24.3 Å². The third-order valence-electron chi connectivity index (χ3n) is 8.43. The quantitative estimate of drug-likeness (QED) is 0.755. The van der Waals surface area contributed by atoms with Crippen LogP contribution in [-0.4, -0.2) is 24.7 Å². The topological polar surface area (TPSA) is 62.9 Å². The van der Waals surface area contributed by atoms with E-state index in [4.69, 9.17) is 25.0 Å². The largest absolute Gasteiger partial charge is 0.492 e. The van der Waals surface area contributed by atoms with Crippen molar-refractivity contribution >= 4 is 0 Å². The molecule has 5 aliphatic carbocycles. The van der Waals surface area contributed by atoms with Crippen molar-refractivity contribution in [3.8, 4) is 5.75 Å². The molecule has 4 bridgehead atoms. The molecule has 1 saturated heterocycles. The Bertz CT molecular complexity index is 712. The van der Waals surface area contributed by atoms with Crippen LogP contribution in [0.2, 0.25) is 0 Å². The Morgan fingerprint density at radius 3 is 2.17 bits per heavy atom. The predicted molar refractivity (Wildman–Crippen MR) is 108 cm³/mol. The van der Waals surface area contributed by atoms with Crippen molar-refractivity contribution in [2.75, 3.05) is 13.2 Å². The van der Waals surface area contributed by atoms with Crippen LogP contribution < -0.4 is 10.5 Å². The SMILES string of the molecule is NCCOc1ccc(C2CCC3(CC2)OOC2(O3)C3CC4CC(C3)CC2C4)cc1. The van der Waals surface area contributed by atoms with Crippen molar-refractivity contribution in [3.05, 3.63) is 29.8 Å². The molecule has 2 N–H and O–H groups in total. The molecule has 29 heavy (non-hydrogen) atoms. The summed E-state index contributed by atoms with van der Waals surface area (Å²) < 4.78 is 12.4. The zero-order chi connectivity index (χ0) is 19.5. The average Bonchev–Trinajstić information content (AvgIpc) is 3.11. The second-order valence-electron chi connectivity index (χ2n) is 10.2. The van der Waals surface area contributed by atoms with Crippen LogP contribution in [-0.2, 0) is 14.5 Å². The fourth-order valence-corrected chi connectivity index (χ4v) is 7.20. The summed E-state index contributed by atoms with van der Waals surface area (Å²) in [6.07, 6.45) is 10.5. The van der Waals surface area contributed by atoms with Gasteiger partial charge in [-0.25, -0.2) is 0 Å². The minimum Gasteiger partial charge on any atom is -0.492 e. The van der Waals surface area contributed by atoms with Crippen LogP contribution in [0.25, 0.3) is 0 Å². The number of hydrogen-bond acceptors (Lipinski definition) is 5. The maximum atomic E-state index is 6.83. The van der Waals surface area contributed by atoms with Crippen molar-refractivity contribution in [1.82, 2.24) is 0 Å². The van der Waals surface area contributed by atoms with E-state index in [1.807, 2.05) is 0 Å². The first-order chi connectivity index (χ1) is 14.2. The lowest BCUT2D eigenvalue weighted by atomic mass is 9.53. The van der Waals surface area contributed by atoms with E-state index in [2.05, 4.69) is 24.3 Å². The Labute approximate surface area is 173 Å². The van der Waals surface area contributed by atoms with Crippen LogP contribution in [0.3, 0.4) is 0 Å². The molecule has 1 aromatic rings. The van der Waals surface area contributed by atoms with Crippen molar-refractivity contribution in [3.63, 3.8) is 0 Å². The van der Waals surface area contributed by atoms with Crippen LogP contribution in [0.1, 0.15) is 69.3 Å². The molecule has 158 valence electrons. The third kappa shape index (κ3) is 3.04. The average molecular weight is 400 g/mol.